The maximum absolute atomic E-state index is 13.8. The number of pyridine rings is 1. The van der Waals surface area contributed by atoms with Gasteiger partial charge in [0.1, 0.15) is 0 Å². The predicted molar refractivity (Wildman–Crippen MR) is 118 cm³/mol. The number of thiazole rings is 1. The van der Waals surface area contributed by atoms with Gasteiger partial charge in [0.2, 0.25) is 0 Å². The van der Waals surface area contributed by atoms with Crippen molar-refractivity contribution in [3.8, 4) is 0 Å². The molecule has 2 aliphatic rings. The molecule has 30 heavy (non-hydrogen) atoms. The second kappa shape index (κ2) is 8.19. The molecule has 3 aromatic rings. The molecule has 6 nitrogen and oxygen atoms in total. The van der Waals surface area contributed by atoms with Gasteiger partial charge in [-0.15, -0.1) is 11.3 Å². The van der Waals surface area contributed by atoms with Gasteiger partial charge in [-0.3, -0.25) is 14.7 Å². The Morgan fingerprint density at radius 2 is 2.27 bits per heavy atom. The van der Waals surface area contributed by atoms with E-state index in [1.54, 1.807) is 28.9 Å². The van der Waals surface area contributed by atoms with Gasteiger partial charge in [-0.25, -0.2) is 4.98 Å². The van der Waals surface area contributed by atoms with E-state index in [-0.39, 0.29) is 11.8 Å². The third-order valence-corrected chi connectivity index (χ3v) is 7.74. The summed E-state index contributed by atoms with van der Waals surface area (Å²) in [6, 6.07) is 6.09. The van der Waals surface area contributed by atoms with E-state index in [4.69, 9.17) is 4.74 Å². The van der Waals surface area contributed by atoms with E-state index < -0.39 is 5.60 Å². The van der Waals surface area contributed by atoms with Crippen LogP contribution in [0.5, 0.6) is 0 Å². The fourth-order valence-corrected chi connectivity index (χ4v) is 6.03. The first-order chi connectivity index (χ1) is 14.7. The predicted octanol–water partition coefficient (Wildman–Crippen LogP) is 3.31. The van der Waals surface area contributed by atoms with Crippen molar-refractivity contribution in [3.05, 3.63) is 68.6 Å². The summed E-state index contributed by atoms with van der Waals surface area (Å²) in [5, 5.41) is 4.17. The Balaban J connectivity index is 1.46. The van der Waals surface area contributed by atoms with Crippen molar-refractivity contribution in [3.63, 3.8) is 0 Å². The van der Waals surface area contributed by atoms with Crippen LogP contribution in [0.2, 0.25) is 0 Å². The van der Waals surface area contributed by atoms with Crippen LogP contribution in [0.25, 0.3) is 0 Å². The molecule has 1 spiro atoms. The molecule has 5 heterocycles. The van der Waals surface area contributed by atoms with E-state index in [1.807, 2.05) is 29.6 Å². The highest BCUT2D eigenvalue weighted by Crippen LogP contribution is 2.42. The van der Waals surface area contributed by atoms with Gasteiger partial charge in [0.25, 0.3) is 5.91 Å². The van der Waals surface area contributed by atoms with Crippen molar-refractivity contribution in [2.45, 2.75) is 31.5 Å². The zero-order valence-corrected chi connectivity index (χ0v) is 18.5. The molecule has 156 valence electrons. The van der Waals surface area contributed by atoms with Crippen molar-refractivity contribution in [2.24, 2.45) is 0 Å². The summed E-state index contributed by atoms with van der Waals surface area (Å²) in [5.41, 5.74) is 4.33. The maximum Gasteiger partial charge on any atom is 0.257 e. The van der Waals surface area contributed by atoms with Crippen molar-refractivity contribution >= 4 is 28.6 Å². The van der Waals surface area contributed by atoms with Crippen LogP contribution < -0.4 is 0 Å². The van der Waals surface area contributed by atoms with Crippen LogP contribution in [0.1, 0.15) is 27.6 Å². The number of aromatic nitrogens is 2. The molecule has 0 bridgehead atoms. The van der Waals surface area contributed by atoms with Gasteiger partial charge < -0.3 is 9.64 Å². The number of thiophene rings is 1. The van der Waals surface area contributed by atoms with E-state index in [2.05, 4.69) is 37.8 Å². The Morgan fingerprint density at radius 1 is 1.33 bits per heavy atom. The normalized spacial score (nSPS) is 24.8. The van der Waals surface area contributed by atoms with E-state index >= 15 is 0 Å². The van der Waals surface area contributed by atoms with Crippen molar-refractivity contribution in [1.29, 1.82) is 0 Å². The van der Waals surface area contributed by atoms with Crippen LogP contribution >= 0.6 is 22.7 Å². The van der Waals surface area contributed by atoms with Gasteiger partial charge in [0.15, 0.2) is 5.60 Å². The van der Waals surface area contributed by atoms with E-state index in [1.165, 1.54) is 10.4 Å². The number of aryl methyl sites for hydroxylation is 1. The van der Waals surface area contributed by atoms with Crippen molar-refractivity contribution < 1.29 is 9.53 Å². The second-order valence-electron chi connectivity index (χ2n) is 7.97. The molecule has 0 saturated carbocycles. The molecule has 0 aromatic carbocycles. The van der Waals surface area contributed by atoms with Gasteiger partial charge in [-0.2, -0.15) is 11.3 Å². The van der Waals surface area contributed by atoms with Crippen molar-refractivity contribution in [2.75, 3.05) is 26.2 Å². The summed E-state index contributed by atoms with van der Waals surface area (Å²) >= 11 is 3.34. The first-order valence-electron chi connectivity index (χ1n) is 10.1. The SMILES string of the molecule is Cc1ncsc1CN1C[C@H](c2cccnc2)[C@]2(C1)OCCN(Cc1ccsc1)C2=O. The largest absolute Gasteiger partial charge is 0.361 e. The monoisotopic (exact) mass is 440 g/mol. The van der Waals surface area contributed by atoms with Crippen molar-refractivity contribution in [1.82, 2.24) is 19.8 Å². The molecule has 2 aliphatic heterocycles. The number of ether oxygens (including phenoxy) is 1. The van der Waals surface area contributed by atoms with Gasteiger partial charge in [0.05, 0.1) is 17.8 Å². The van der Waals surface area contributed by atoms with Crippen LogP contribution in [0.4, 0.5) is 0 Å². The zero-order valence-electron chi connectivity index (χ0n) is 16.9. The van der Waals surface area contributed by atoms with Gasteiger partial charge in [0, 0.05) is 55.9 Å². The van der Waals surface area contributed by atoms with Crippen LogP contribution in [0, 0.1) is 6.92 Å². The van der Waals surface area contributed by atoms with Gasteiger partial charge >= 0.3 is 0 Å². The molecule has 0 aliphatic carbocycles. The summed E-state index contributed by atoms with van der Waals surface area (Å²) in [4.78, 5) is 28.1. The third-order valence-electron chi connectivity index (χ3n) is 6.08. The highest BCUT2D eigenvalue weighted by Gasteiger charge is 2.57. The Labute approximate surface area is 184 Å². The standard InChI is InChI=1S/C22H24N4O2S2/c1-16-20(30-15-24-16)12-25-11-19(18-3-2-5-23-9-18)22(14-25)21(27)26(6-7-28-22)10-17-4-8-29-13-17/h2-5,8-9,13,15,19H,6-7,10-12,14H2,1H3/t19-,22+/m1/s1. The molecule has 2 atom stereocenters. The molecule has 8 heteroatoms. The molecule has 5 rings (SSSR count). The fraction of sp³-hybridized carbons (Fsp3) is 0.409. The molecular weight excluding hydrogens is 416 g/mol. The molecule has 2 saturated heterocycles. The smallest absolute Gasteiger partial charge is 0.257 e. The number of nitrogens with zero attached hydrogens (tertiary/aromatic N) is 4. The van der Waals surface area contributed by atoms with Gasteiger partial charge in [-0.1, -0.05) is 6.07 Å². The minimum absolute atomic E-state index is 0.0443. The lowest BCUT2D eigenvalue weighted by molar-refractivity contribution is -0.173. The van der Waals surface area contributed by atoms with E-state index in [9.17, 15) is 4.79 Å². The lowest BCUT2D eigenvalue weighted by atomic mass is 9.83. The summed E-state index contributed by atoms with van der Waals surface area (Å²) < 4.78 is 6.36. The number of hydrogen-bond acceptors (Lipinski definition) is 7. The molecule has 2 fully saturated rings. The highest BCUT2D eigenvalue weighted by atomic mass is 32.1. The zero-order chi connectivity index (χ0) is 20.6. The lowest BCUT2D eigenvalue weighted by Crippen LogP contribution is -2.59. The molecular formula is C22H24N4O2S2. The Kier molecular flexibility index (Phi) is 5.41. The number of amides is 1. The number of carbonyl (C=O) groups is 1. The molecule has 0 unspecified atom stereocenters. The third kappa shape index (κ3) is 3.58. The second-order valence-corrected chi connectivity index (χ2v) is 9.69. The minimum atomic E-state index is -0.865. The summed E-state index contributed by atoms with van der Waals surface area (Å²) in [7, 11) is 0. The molecule has 3 aromatic heterocycles. The number of morpholine rings is 1. The quantitative estimate of drug-likeness (QED) is 0.609. The Morgan fingerprint density at radius 3 is 3.00 bits per heavy atom. The average Bonchev–Trinajstić information content (AvgIpc) is 3.49. The number of hydrogen-bond donors (Lipinski definition) is 0. The summed E-state index contributed by atoms with van der Waals surface area (Å²) in [6.07, 6.45) is 3.65. The Bertz CT molecular complexity index is 1010. The summed E-state index contributed by atoms with van der Waals surface area (Å²) in [5.74, 6) is 0.0505. The van der Waals surface area contributed by atoms with Crippen LogP contribution in [0.3, 0.4) is 0 Å². The molecule has 0 radical (unpaired) electrons. The van der Waals surface area contributed by atoms with E-state index in [0.717, 1.165) is 24.3 Å². The number of carbonyl (C=O) groups excluding carboxylic acids is 1. The topological polar surface area (TPSA) is 58.6 Å². The first-order valence-corrected chi connectivity index (χ1v) is 11.9. The van der Waals surface area contributed by atoms with Gasteiger partial charge in [-0.05, 0) is 40.9 Å². The van der Waals surface area contributed by atoms with Crippen LogP contribution in [0.15, 0.2) is 46.9 Å². The average molecular weight is 441 g/mol. The molecule has 0 N–H and O–H groups in total. The van der Waals surface area contributed by atoms with Crippen LogP contribution in [-0.4, -0.2) is 57.5 Å². The number of rotatable bonds is 5. The summed E-state index contributed by atoms with van der Waals surface area (Å²) in [6.45, 7) is 6.01. The number of likely N-dealkylation sites (tertiary alicyclic amines) is 1. The Hall–Kier alpha value is -2.13. The van der Waals surface area contributed by atoms with E-state index in [0.29, 0.717) is 26.2 Å². The maximum atomic E-state index is 13.8. The fourth-order valence-electron chi connectivity index (χ4n) is 4.56. The highest BCUT2D eigenvalue weighted by molar-refractivity contribution is 7.09. The first kappa shape index (κ1) is 19.8. The van der Waals surface area contributed by atoms with Crippen LogP contribution in [-0.2, 0) is 22.6 Å². The lowest BCUT2D eigenvalue weighted by Gasteiger charge is -2.42. The minimum Gasteiger partial charge on any atom is -0.361 e. The molecule has 1 amide bonds.